The van der Waals surface area contributed by atoms with Crippen molar-refractivity contribution in [3.8, 4) is 11.5 Å². The number of Topliss-reactive ketones (excluding diaryl/α,β-unsaturated/α-hetero) is 1. The van der Waals surface area contributed by atoms with Gasteiger partial charge in [-0.2, -0.15) is 0 Å². The standard InChI is InChI=1S/C22H26O4/c1-14(2)12-17-6-8-18(9-7-17)15(3)22(24)26-21-13-19(25-5)10-11-20(21)16(4)23/h6-11,13-15H,12H2,1-5H3. The van der Waals surface area contributed by atoms with Gasteiger partial charge in [0.1, 0.15) is 11.5 Å². The summed E-state index contributed by atoms with van der Waals surface area (Å²) < 4.78 is 10.7. The molecule has 2 rings (SSSR count). The van der Waals surface area contributed by atoms with E-state index in [-0.39, 0.29) is 11.5 Å². The van der Waals surface area contributed by atoms with Gasteiger partial charge in [-0.3, -0.25) is 9.59 Å². The second-order valence-corrected chi connectivity index (χ2v) is 6.90. The fourth-order valence-electron chi connectivity index (χ4n) is 2.75. The van der Waals surface area contributed by atoms with E-state index in [1.165, 1.54) is 19.6 Å². The molecule has 2 aromatic carbocycles. The third kappa shape index (κ3) is 4.94. The van der Waals surface area contributed by atoms with Gasteiger partial charge < -0.3 is 9.47 Å². The maximum Gasteiger partial charge on any atom is 0.318 e. The Morgan fingerprint density at radius 2 is 1.65 bits per heavy atom. The Balaban J connectivity index is 2.17. The fourth-order valence-corrected chi connectivity index (χ4v) is 2.75. The molecule has 0 saturated carbocycles. The molecule has 0 aliphatic carbocycles. The lowest BCUT2D eigenvalue weighted by Gasteiger charge is -2.15. The van der Waals surface area contributed by atoms with Gasteiger partial charge in [-0.15, -0.1) is 0 Å². The summed E-state index contributed by atoms with van der Waals surface area (Å²) in [4.78, 5) is 24.4. The van der Waals surface area contributed by atoms with Crippen molar-refractivity contribution in [3.05, 3.63) is 59.2 Å². The zero-order valence-corrected chi connectivity index (χ0v) is 16.0. The van der Waals surface area contributed by atoms with Gasteiger partial charge in [-0.25, -0.2) is 0 Å². The molecule has 4 nitrogen and oxygen atoms in total. The van der Waals surface area contributed by atoms with Gasteiger partial charge >= 0.3 is 5.97 Å². The first-order chi connectivity index (χ1) is 12.3. The number of hydrogen-bond donors (Lipinski definition) is 0. The normalized spacial score (nSPS) is 11.9. The van der Waals surface area contributed by atoms with Gasteiger partial charge in [0.2, 0.25) is 0 Å². The first-order valence-corrected chi connectivity index (χ1v) is 8.81. The van der Waals surface area contributed by atoms with Gasteiger partial charge in [0.25, 0.3) is 0 Å². The number of rotatable bonds is 7. The first-order valence-electron chi connectivity index (χ1n) is 8.81. The molecule has 0 aliphatic rings. The van der Waals surface area contributed by atoms with Crippen LogP contribution in [0.25, 0.3) is 0 Å². The molecule has 1 unspecified atom stereocenters. The smallest absolute Gasteiger partial charge is 0.318 e. The first kappa shape index (κ1) is 19.7. The number of hydrogen-bond acceptors (Lipinski definition) is 4. The summed E-state index contributed by atoms with van der Waals surface area (Å²) in [6.45, 7) is 7.59. The van der Waals surface area contributed by atoms with Gasteiger partial charge in [-0.1, -0.05) is 38.1 Å². The lowest BCUT2D eigenvalue weighted by Crippen LogP contribution is -2.17. The van der Waals surface area contributed by atoms with E-state index in [0.29, 0.717) is 17.2 Å². The van der Waals surface area contributed by atoms with Crippen LogP contribution in [0.4, 0.5) is 0 Å². The van der Waals surface area contributed by atoms with Crippen LogP contribution in [-0.4, -0.2) is 18.9 Å². The van der Waals surface area contributed by atoms with Crippen LogP contribution in [0, 0.1) is 5.92 Å². The Labute approximate surface area is 155 Å². The minimum absolute atomic E-state index is 0.166. The molecule has 0 heterocycles. The molecule has 0 saturated heterocycles. The van der Waals surface area contributed by atoms with Gasteiger partial charge in [0, 0.05) is 6.07 Å². The molecule has 138 valence electrons. The summed E-state index contributed by atoms with van der Waals surface area (Å²) in [5.74, 6) is 0.336. The van der Waals surface area contributed by atoms with Crippen molar-refractivity contribution in [2.24, 2.45) is 5.92 Å². The Morgan fingerprint density at radius 1 is 1.00 bits per heavy atom. The van der Waals surface area contributed by atoms with Gasteiger partial charge in [0.15, 0.2) is 5.78 Å². The van der Waals surface area contributed by atoms with E-state index in [1.54, 1.807) is 25.1 Å². The average molecular weight is 354 g/mol. The zero-order chi connectivity index (χ0) is 19.3. The molecular weight excluding hydrogens is 328 g/mol. The van der Waals surface area contributed by atoms with E-state index < -0.39 is 11.9 Å². The summed E-state index contributed by atoms with van der Waals surface area (Å²) >= 11 is 0. The largest absolute Gasteiger partial charge is 0.497 e. The number of carbonyl (C=O) groups is 2. The molecule has 0 radical (unpaired) electrons. The molecule has 0 bridgehead atoms. The van der Waals surface area contributed by atoms with Crippen LogP contribution in [0.2, 0.25) is 0 Å². The monoisotopic (exact) mass is 354 g/mol. The molecular formula is C22H26O4. The van der Waals surface area contributed by atoms with E-state index >= 15 is 0 Å². The molecule has 0 N–H and O–H groups in total. The van der Waals surface area contributed by atoms with Crippen molar-refractivity contribution in [3.63, 3.8) is 0 Å². The minimum Gasteiger partial charge on any atom is -0.497 e. The molecule has 0 aliphatic heterocycles. The third-order valence-electron chi connectivity index (χ3n) is 4.26. The lowest BCUT2D eigenvalue weighted by molar-refractivity contribution is -0.135. The van der Waals surface area contributed by atoms with Crippen LogP contribution >= 0.6 is 0 Å². The molecule has 0 amide bonds. The van der Waals surface area contributed by atoms with Crippen molar-refractivity contribution >= 4 is 11.8 Å². The highest BCUT2D eigenvalue weighted by Crippen LogP contribution is 2.27. The Hall–Kier alpha value is -2.62. The fraction of sp³-hybridized carbons (Fsp3) is 0.364. The molecule has 4 heteroatoms. The summed E-state index contributed by atoms with van der Waals surface area (Å²) in [5.41, 5.74) is 2.49. The van der Waals surface area contributed by atoms with Gasteiger partial charge in [0.05, 0.1) is 18.6 Å². The van der Waals surface area contributed by atoms with E-state index in [0.717, 1.165) is 12.0 Å². The molecule has 2 aromatic rings. The number of ether oxygens (including phenoxy) is 2. The second kappa shape index (κ2) is 8.65. The van der Waals surface area contributed by atoms with E-state index in [4.69, 9.17) is 9.47 Å². The van der Waals surface area contributed by atoms with Crippen LogP contribution < -0.4 is 9.47 Å². The van der Waals surface area contributed by atoms with Crippen molar-refractivity contribution in [1.29, 1.82) is 0 Å². The van der Waals surface area contributed by atoms with Crippen molar-refractivity contribution in [2.75, 3.05) is 7.11 Å². The van der Waals surface area contributed by atoms with E-state index in [1.807, 2.05) is 24.3 Å². The number of methoxy groups -OCH3 is 1. The average Bonchev–Trinajstić information content (AvgIpc) is 2.60. The molecule has 1 atom stereocenters. The predicted molar refractivity (Wildman–Crippen MR) is 102 cm³/mol. The molecule has 0 fully saturated rings. The molecule has 26 heavy (non-hydrogen) atoms. The Kier molecular flexibility index (Phi) is 6.56. The highest BCUT2D eigenvalue weighted by Gasteiger charge is 2.20. The number of carbonyl (C=O) groups excluding carboxylic acids is 2. The highest BCUT2D eigenvalue weighted by atomic mass is 16.5. The summed E-state index contributed by atoms with van der Waals surface area (Å²) in [6.07, 6.45) is 1.00. The predicted octanol–water partition coefficient (Wildman–Crippen LogP) is 4.81. The number of benzene rings is 2. The maximum atomic E-state index is 12.6. The van der Waals surface area contributed by atoms with Crippen molar-refractivity contribution < 1.29 is 19.1 Å². The maximum absolute atomic E-state index is 12.6. The summed E-state index contributed by atoms with van der Waals surface area (Å²) in [7, 11) is 1.52. The van der Waals surface area contributed by atoms with Crippen LogP contribution in [0.15, 0.2) is 42.5 Å². The Bertz CT molecular complexity index is 775. The van der Waals surface area contributed by atoms with Crippen molar-refractivity contribution in [1.82, 2.24) is 0 Å². The molecule has 0 aromatic heterocycles. The van der Waals surface area contributed by atoms with Crippen LogP contribution in [-0.2, 0) is 11.2 Å². The third-order valence-corrected chi connectivity index (χ3v) is 4.26. The topological polar surface area (TPSA) is 52.6 Å². The van der Waals surface area contributed by atoms with Gasteiger partial charge in [-0.05, 0) is 49.4 Å². The zero-order valence-electron chi connectivity index (χ0n) is 16.0. The lowest BCUT2D eigenvalue weighted by atomic mass is 9.97. The second-order valence-electron chi connectivity index (χ2n) is 6.90. The number of esters is 1. The quantitative estimate of drug-likeness (QED) is 0.407. The minimum atomic E-state index is -0.436. The summed E-state index contributed by atoms with van der Waals surface area (Å²) in [6, 6.07) is 12.9. The van der Waals surface area contributed by atoms with Crippen LogP contribution in [0.3, 0.4) is 0 Å². The SMILES string of the molecule is COc1ccc(C(C)=O)c(OC(=O)C(C)c2ccc(CC(C)C)cc2)c1. The van der Waals surface area contributed by atoms with Crippen LogP contribution in [0.1, 0.15) is 55.1 Å². The highest BCUT2D eigenvalue weighted by molar-refractivity contribution is 5.98. The Morgan fingerprint density at radius 3 is 2.19 bits per heavy atom. The van der Waals surface area contributed by atoms with Crippen LogP contribution in [0.5, 0.6) is 11.5 Å². The number of ketones is 1. The van der Waals surface area contributed by atoms with E-state index in [2.05, 4.69) is 13.8 Å². The van der Waals surface area contributed by atoms with Crippen molar-refractivity contribution in [2.45, 2.75) is 40.0 Å². The summed E-state index contributed by atoms with van der Waals surface area (Å²) in [5, 5.41) is 0. The molecule has 0 spiro atoms. The van der Waals surface area contributed by atoms with E-state index in [9.17, 15) is 9.59 Å².